The van der Waals surface area contributed by atoms with Crippen LogP contribution in [0.15, 0.2) is 24.4 Å². The van der Waals surface area contributed by atoms with Gasteiger partial charge in [-0.3, -0.25) is 9.69 Å². The highest BCUT2D eigenvalue weighted by Crippen LogP contribution is 2.37. The molecule has 28 heavy (non-hydrogen) atoms. The first-order valence-corrected chi connectivity index (χ1v) is 10.3. The number of rotatable bonds is 4. The van der Waals surface area contributed by atoms with Crippen LogP contribution in [0.4, 0.5) is 10.2 Å². The summed E-state index contributed by atoms with van der Waals surface area (Å²) in [5, 5.41) is 5.43. The fourth-order valence-corrected chi connectivity index (χ4v) is 4.55. The van der Waals surface area contributed by atoms with Crippen molar-refractivity contribution in [2.45, 2.75) is 37.4 Å². The Kier molecular flexibility index (Phi) is 4.73. The van der Waals surface area contributed by atoms with Crippen LogP contribution in [0.3, 0.4) is 0 Å². The number of benzene rings is 1. The van der Waals surface area contributed by atoms with Crippen LogP contribution in [0.1, 0.15) is 30.7 Å². The second-order valence-electron chi connectivity index (χ2n) is 8.14. The number of carbonyl (C=O) groups is 1. The number of fused-ring (bicyclic) bond motifs is 1. The largest absolute Gasteiger partial charge is 0.378 e. The minimum atomic E-state index is -1.01. The van der Waals surface area contributed by atoms with Gasteiger partial charge in [0.2, 0.25) is 5.91 Å². The summed E-state index contributed by atoms with van der Waals surface area (Å²) in [5.74, 6) is 0.0780. The summed E-state index contributed by atoms with van der Waals surface area (Å²) in [6, 6.07) is 6.51. The quantitative estimate of drug-likeness (QED) is 0.844. The Bertz CT molecular complexity index is 912. The third-order valence-corrected chi connectivity index (χ3v) is 6.57. The molecular formula is C21H23ClFN3O2. The van der Waals surface area contributed by atoms with E-state index in [9.17, 15) is 9.18 Å². The van der Waals surface area contributed by atoms with Crippen molar-refractivity contribution in [2.24, 2.45) is 5.92 Å². The molecule has 0 radical (unpaired) electrons. The van der Waals surface area contributed by atoms with E-state index in [-0.39, 0.29) is 5.91 Å². The van der Waals surface area contributed by atoms with Gasteiger partial charge in [-0.05, 0) is 67.4 Å². The second-order valence-corrected chi connectivity index (χ2v) is 8.55. The highest BCUT2D eigenvalue weighted by Gasteiger charge is 2.43. The Morgan fingerprint density at radius 2 is 1.96 bits per heavy atom. The number of anilines is 1. The zero-order valence-corrected chi connectivity index (χ0v) is 16.3. The maximum Gasteiger partial charge on any atom is 0.231 e. The molecule has 1 amide bonds. The van der Waals surface area contributed by atoms with E-state index >= 15 is 0 Å². The number of nitrogens with zero attached hydrogens (tertiary/aromatic N) is 2. The number of carbonyl (C=O) groups excluding carboxylic acids is 1. The van der Waals surface area contributed by atoms with E-state index < -0.39 is 12.1 Å². The number of ether oxygens (including phenoxy) is 1. The third-order valence-electron chi connectivity index (χ3n) is 6.24. The van der Waals surface area contributed by atoms with Gasteiger partial charge in [0.1, 0.15) is 12.0 Å². The third kappa shape index (κ3) is 3.49. The van der Waals surface area contributed by atoms with Crippen LogP contribution in [0.25, 0.3) is 10.8 Å². The molecule has 5 rings (SSSR count). The summed E-state index contributed by atoms with van der Waals surface area (Å²) in [6.07, 6.45) is 3.17. The van der Waals surface area contributed by atoms with Crippen LogP contribution in [0, 0.1) is 5.92 Å². The molecule has 1 aliphatic carbocycles. The van der Waals surface area contributed by atoms with Gasteiger partial charge in [0.05, 0.1) is 25.2 Å². The first kappa shape index (κ1) is 18.3. The van der Waals surface area contributed by atoms with Crippen molar-refractivity contribution in [1.82, 2.24) is 9.88 Å². The minimum absolute atomic E-state index is 0.291. The maximum absolute atomic E-state index is 13.1. The van der Waals surface area contributed by atoms with Gasteiger partial charge in [-0.25, -0.2) is 9.37 Å². The normalized spacial score (nSPS) is 26.2. The number of amides is 1. The number of piperidine rings is 1. The van der Waals surface area contributed by atoms with Gasteiger partial charge in [-0.2, -0.15) is 0 Å². The van der Waals surface area contributed by atoms with Crippen molar-refractivity contribution in [3.8, 4) is 0 Å². The summed E-state index contributed by atoms with van der Waals surface area (Å²) >= 11 is 6.59. The summed E-state index contributed by atoms with van der Waals surface area (Å²) < 4.78 is 18.4. The molecule has 2 aliphatic heterocycles. The molecule has 3 aliphatic rings. The molecule has 1 aromatic carbocycles. The van der Waals surface area contributed by atoms with Gasteiger partial charge >= 0.3 is 0 Å². The van der Waals surface area contributed by atoms with Crippen molar-refractivity contribution in [2.75, 3.05) is 31.6 Å². The van der Waals surface area contributed by atoms with Gasteiger partial charge < -0.3 is 10.1 Å². The van der Waals surface area contributed by atoms with E-state index in [0.29, 0.717) is 24.2 Å². The van der Waals surface area contributed by atoms with Gasteiger partial charge in [-0.15, -0.1) is 0 Å². The van der Waals surface area contributed by atoms with Crippen LogP contribution in [0.2, 0.25) is 5.02 Å². The number of halogens is 2. The van der Waals surface area contributed by atoms with Crippen molar-refractivity contribution in [1.29, 1.82) is 0 Å². The van der Waals surface area contributed by atoms with Crippen molar-refractivity contribution >= 4 is 34.1 Å². The van der Waals surface area contributed by atoms with Crippen molar-refractivity contribution in [3.05, 3.63) is 35.0 Å². The number of hydrogen-bond donors (Lipinski definition) is 1. The van der Waals surface area contributed by atoms with Gasteiger partial charge in [0, 0.05) is 16.6 Å². The monoisotopic (exact) mass is 403 g/mol. The molecule has 2 saturated heterocycles. The lowest BCUT2D eigenvalue weighted by Crippen LogP contribution is -2.51. The standard InChI is InChI=1S/C21H23ClFN3O2/c22-18-6-14-9-24-20(25-21(27)17-8-19(17)23)7-13(14)5-16(18)12-1-3-26(4-2-12)15-10-28-11-15/h5-7,9,12,15,17,19H,1-4,8,10-11H2,(H,24,25,27)/t17-,19?/m0/s1. The van der Waals surface area contributed by atoms with Crippen LogP contribution in [-0.2, 0) is 9.53 Å². The number of hydrogen-bond acceptors (Lipinski definition) is 4. The smallest absolute Gasteiger partial charge is 0.231 e. The zero-order chi connectivity index (χ0) is 19.3. The SMILES string of the molecule is O=C(Nc1cc2cc(C3CCN(C4COC4)CC3)c(Cl)cc2cn1)[C@H]1CC1F. The van der Waals surface area contributed by atoms with Crippen LogP contribution in [-0.4, -0.2) is 54.3 Å². The molecule has 3 heterocycles. The average molecular weight is 404 g/mol. The lowest BCUT2D eigenvalue weighted by molar-refractivity contribution is -0.117. The molecule has 0 spiro atoms. The fourth-order valence-electron chi connectivity index (χ4n) is 4.23. The summed E-state index contributed by atoms with van der Waals surface area (Å²) in [6.45, 7) is 3.84. The minimum Gasteiger partial charge on any atom is -0.378 e. The number of pyridine rings is 1. The van der Waals surface area contributed by atoms with Gasteiger partial charge in [0.15, 0.2) is 0 Å². The topological polar surface area (TPSA) is 54.5 Å². The van der Waals surface area contributed by atoms with E-state index in [1.54, 1.807) is 6.20 Å². The number of aromatic nitrogens is 1. The average Bonchev–Trinajstić information content (AvgIpc) is 3.38. The van der Waals surface area contributed by atoms with E-state index in [2.05, 4.69) is 21.3 Å². The van der Waals surface area contributed by atoms with Gasteiger partial charge in [0.25, 0.3) is 0 Å². The molecule has 2 aromatic rings. The zero-order valence-electron chi connectivity index (χ0n) is 15.5. The Balaban J connectivity index is 1.34. The fraction of sp³-hybridized carbons (Fsp3) is 0.524. The van der Waals surface area contributed by atoms with Crippen LogP contribution in [0.5, 0.6) is 0 Å². The highest BCUT2D eigenvalue weighted by atomic mass is 35.5. The first-order valence-electron chi connectivity index (χ1n) is 9.94. The molecule has 3 fully saturated rings. The molecule has 1 unspecified atom stereocenters. The van der Waals surface area contributed by atoms with Gasteiger partial charge in [-0.1, -0.05) is 11.6 Å². The number of likely N-dealkylation sites (tertiary alicyclic amines) is 1. The summed E-state index contributed by atoms with van der Waals surface area (Å²) in [7, 11) is 0. The van der Waals surface area contributed by atoms with E-state index in [4.69, 9.17) is 16.3 Å². The van der Waals surface area contributed by atoms with E-state index in [1.165, 1.54) is 0 Å². The molecule has 1 saturated carbocycles. The Morgan fingerprint density at radius 1 is 1.21 bits per heavy atom. The molecule has 1 aromatic heterocycles. The van der Waals surface area contributed by atoms with Crippen molar-refractivity contribution < 1.29 is 13.9 Å². The predicted octanol–water partition coefficient (Wildman–Crippen LogP) is 3.76. The van der Waals surface area contributed by atoms with E-state index in [0.717, 1.165) is 60.5 Å². The molecule has 2 atom stereocenters. The highest BCUT2D eigenvalue weighted by molar-refractivity contribution is 6.32. The molecule has 0 bridgehead atoms. The van der Waals surface area contributed by atoms with Crippen molar-refractivity contribution in [3.63, 3.8) is 0 Å². The molecular weight excluding hydrogens is 381 g/mol. The maximum atomic E-state index is 13.1. The second kappa shape index (κ2) is 7.25. The Labute approximate surface area is 168 Å². The lowest BCUT2D eigenvalue weighted by atomic mass is 9.87. The van der Waals surface area contributed by atoms with E-state index in [1.807, 2.05) is 12.1 Å². The number of alkyl halides is 1. The predicted molar refractivity (Wildman–Crippen MR) is 107 cm³/mol. The Hall–Kier alpha value is -1.76. The summed E-state index contributed by atoms with van der Waals surface area (Å²) in [4.78, 5) is 18.8. The summed E-state index contributed by atoms with van der Waals surface area (Å²) in [5.41, 5.74) is 1.16. The first-order chi connectivity index (χ1) is 13.6. The van der Waals surface area contributed by atoms with Crippen LogP contribution < -0.4 is 5.32 Å². The molecule has 1 N–H and O–H groups in total. The molecule has 148 valence electrons. The van der Waals surface area contributed by atoms with Crippen LogP contribution >= 0.6 is 11.6 Å². The number of nitrogens with one attached hydrogen (secondary N) is 1. The Morgan fingerprint density at radius 3 is 2.61 bits per heavy atom. The lowest BCUT2D eigenvalue weighted by Gasteiger charge is -2.41. The molecule has 7 heteroatoms. The molecule has 5 nitrogen and oxygen atoms in total.